The van der Waals surface area contributed by atoms with Crippen molar-refractivity contribution in [3.8, 4) is 0 Å². The van der Waals surface area contributed by atoms with Crippen LogP contribution < -0.4 is 36.6 Å². The summed E-state index contributed by atoms with van der Waals surface area (Å²) in [5.74, 6) is -1.77. The first-order valence-corrected chi connectivity index (χ1v) is 12.5. The van der Waals surface area contributed by atoms with Gasteiger partial charge in [0, 0.05) is 37.4 Å². The minimum absolute atomic E-state index is 0. The third kappa shape index (κ3) is 4.66. The minimum Gasteiger partial charge on any atom is -1.00 e. The molecular formula is C26H22ClF2N3OS2. The van der Waals surface area contributed by atoms with Crippen LogP contribution in [0.2, 0.25) is 0 Å². The van der Waals surface area contributed by atoms with Crippen molar-refractivity contribution in [3.63, 3.8) is 0 Å². The lowest BCUT2D eigenvalue weighted by atomic mass is 10.2. The summed E-state index contributed by atoms with van der Waals surface area (Å²) in [6.07, 6.45) is 4.03. The van der Waals surface area contributed by atoms with E-state index in [0.717, 1.165) is 28.2 Å². The van der Waals surface area contributed by atoms with Crippen molar-refractivity contribution in [2.45, 2.75) is 24.9 Å². The van der Waals surface area contributed by atoms with Gasteiger partial charge < -0.3 is 17.3 Å². The van der Waals surface area contributed by atoms with Gasteiger partial charge in [0.2, 0.25) is 5.69 Å². The number of anilines is 1. The fourth-order valence-corrected chi connectivity index (χ4v) is 6.48. The van der Waals surface area contributed by atoms with E-state index in [1.165, 1.54) is 16.9 Å². The smallest absolute Gasteiger partial charge is 0.271 e. The molecule has 0 bridgehead atoms. The lowest BCUT2D eigenvalue weighted by Crippen LogP contribution is -3.00. The number of fused-ring (bicyclic) bond motifs is 1. The van der Waals surface area contributed by atoms with E-state index in [9.17, 15) is 13.6 Å². The molecule has 0 fully saturated rings. The highest BCUT2D eigenvalue weighted by Crippen LogP contribution is 2.47. The molecule has 1 aliphatic rings. The van der Waals surface area contributed by atoms with E-state index in [0.29, 0.717) is 28.3 Å². The molecule has 4 aromatic rings. The highest BCUT2D eigenvalue weighted by atomic mass is 35.5. The van der Waals surface area contributed by atoms with Crippen molar-refractivity contribution < 1.29 is 25.8 Å². The third-order valence-corrected chi connectivity index (χ3v) is 8.27. The molecule has 0 saturated carbocycles. The van der Waals surface area contributed by atoms with Gasteiger partial charge in [-0.15, -0.1) is 11.3 Å². The van der Waals surface area contributed by atoms with Gasteiger partial charge in [0.05, 0.1) is 10.6 Å². The number of halogens is 3. The molecule has 0 N–H and O–H groups in total. The lowest BCUT2D eigenvalue weighted by Gasteiger charge is -2.12. The summed E-state index contributed by atoms with van der Waals surface area (Å²) in [6.45, 7) is 3.14. The van der Waals surface area contributed by atoms with Crippen molar-refractivity contribution in [2.24, 2.45) is 0 Å². The Morgan fingerprint density at radius 1 is 1.03 bits per heavy atom. The molecule has 0 saturated heterocycles. The fourth-order valence-electron chi connectivity index (χ4n) is 4.00. The molecule has 1 aliphatic heterocycles. The molecule has 0 unspecified atom stereocenters. The maximum absolute atomic E-state index is 14.4. The maximum Gasteiger partial charge on any atom is 0.271 e. The summed E-state index contributed by atoms with van der Waals surface area (Å²) in [4.78, 5) is 15.3. The molecule has 0 amide bonds. The number of thiazole rings is 1. The fraction of sp³-hybridized carbons (Fsp3) is 0.154. The molecule has 0 aliphatic carbocycles. The van der Waals surface area contributed by atoms with Gasteiger partial charge in [-0.05, 0) is 25.1 Å². The van der Waals surface area contributed by atoms with Gasteiger partial charge >= 0.3 is 0 Å². The van der Waals surface area contributed by atoms with Crippen LogP contribution in [-0.4, -0.2) is 11.6 Å². The number of hydrogen-bond acceptors (Lipinski definition) is 4. The van der Waals surface area contributed by atoms with Crippen molar-refractivity contribution >= 4 is 39.9 Å². The Bertz CT molecular complexity index is 1570. The Hall–Kier alpha value is -2.94. The van der Waals surface area contributed by atoms with Crippen LogP contribution in [0.15, 0.2) is 76.6 Å². The Labute approximate surface area is 215 Å². The van der Waals surface area contributed by atoms with E-state index < -0.39 is 11.6 Å². The summed E-state index contributed by atoms with van der Waals surface area (Å²) in [6, 6.07) is 18.8. The van der Waals surface area contributed by atoms with Crippen LogP contribution in [0.1, 0.15) is 18.2 Å². The largest absolute Gasteiger partial charge is 1.00 e. The molecule has 0 spiro atoms. The van der Waals surface area contributed by atoms with E-state index in [4.69, 9.17) is 0 Å². The third-order valence-electron chi connectivity index (χ3n) is 5.76. The Morgan fingerprint density at radius 3 is 2.51 bits per heavy atom. The average Bonchev–Trinajstić information content (AvgIpc) is 3.34. The number of aromatic nitrogens is 2. The molecule has 180 valence electrons. The van der Waals surface area contributed by atoms with Crippen molar-refractivity contribution in [1.82, 2.24) is 4.57 Å². The predicted molar refractivity (Wildman–Crippen MR) is 133 cm³/mol. The summed E-state index contributed by atoms with van der Waals surface area (Å²) in [5, 5.41) is 0.613. The maximum atomic E-state index is 14.4. The zero-order valence-electron chi connectivity index (χ0n) is 19.0. The van der Waals surface area contributed by atoms with Crippen LogP contribution in [-0.2, 0) is 13.1 Å². The minimum atomic E-state index is -0.890. The van der Waals surface area contributed by atoms with Gasteiger partial charge in [-0.2, -0.15) is 4.57 Å². The van der Waals surface area contributed by atoms with Crippen molar-refractivity contribution in [2.75, 3.05) is 11.9 Å². The van der Waals surface area contributed by atoms with E-state index in [-0.39, 0.29) is 22.9 Å². The van der Waals surface area contributed by atoms with Crippen molar-refractivity contribution in [3.05, 3.63) is 109 Å². The molecule has 0 radical (unpaired) electrons. The topological polar surface area (TPSA) is 29.1 Å². The molecule has 4 nitrogen and oxygen atoms in total. The van der Waals surface area contributed by atoms with Crippen LogP contribution in [0, 0.1) is 11.6 Å². The monoisotopic (exact) mass is 529 g/mol. The Morgan fingerprint density at radius 2 is 1.77 bits per heavy atom. The van der Waals surface area contributed by atoms with Gasteiger partial charge in [-0.25, -0.2) is 8.78 Å². The second-order valence-electron chi connectivity index (χ2n) is 7.88. The quantitative estimate of drug-likeness (QED) is 0.364. The molecular weight excluding hydrogens is 508 g/mol. The van der Waals surface area contributed by atoms with Crippen LogP contribution in [0.5, 0.6) is 0 Å². The normalized spacial score (nSPS) is 14.7. The van der Waals surface area contributed by atoms with Crippen LogP contribution >= 0.6 is 23.1 Å². The second-order valence-corrected chi connectivity index (χ2v) is 9.91. The highest BCUT2D eigenvalue weighted by Gasteiger charge is 2.29. The van der Waals surface area contributed by atoms with Gasteiger partial charge in [0.1, 0.15) is 14.2 Å². The number of rotatable bonds is 4. The number of thioether (sulfide) groups is 1. The van der Waals surface area contributed by atoms with Crippen molar-refractivity contribution in [1.29, 1.82) is 0 Å². The zero-order chi connectivity index (χ0) is 23.8. The molecule has 9 heteroatoms. The first-order valence-electron chi connectivity index (χ1n) is 10.9. The van der Waals surface area contributed by atoms with E-state index in [2.05, 4.69) is 16.7 Å². The zero-order valence-corrected chi connectivity index (χ0v) is 21.4. The second kappa shape index (κ2) is 10.4. The average molecular weight is 530 g/mol. The SMILES string of the molecule is CCn1c(=O)/c(=C2\Sc3c(ccc(F)c3F)N2C)s/c1=C\c1cccc[n+]1Cc1ccccc1.[Cl-]. The molecule has 0 atom stereocenters. The summed E-state index contributed by atoms with van der Waals surface area (Å²) in [7, 11) is 1.77. The van der Waals surface area contributed by atoms with Gasteiger partial charge in [-0.1, -0.05) is 42.1 Å². The Balaban J connectivity index is 0.00000289. The van der Waals surface area contributed by atoms with Gasteiger partial charge in [-0.3, -0.25) is 9.36 Å². The van der Waals surface area contributed by atoms with Crippen LogP contribution in [0.25, 0.3) is 11.1 Å². The lowest BCUT2D eigenvalue weighted by molar-refractivity contribution is -0.690. The first-order chi connectivity index (χ1) is 16.5. The number of benzene rings is 2. The highest BCUT2D eigenvalue weighted by molar-refractivity contribution is 8.08. The van der Waals surface area contributed by atoms with Gasteiger partial charge in [0.15, 0.2) is 24.4 Å². The summed E-state index contributed by atoms with van der Waals surface area (Å²) >= 11 is 2.47. The molecule has 3 heterocycles. The molecule has 2 aromatic heterocycles. The summed E-state index contributed by atoms with van der Waals surface area (Å²) in [5.41, 5.74) is 2.58. The number of pyridine rings is 1. The van der Waals surface area contributed by atoms with Gasteiger partial charge in [0.25, 0.3) is 5.56 Å². The predicted octanol–water partition coefficient (Wildman–Crippen LogP) is 0.684. The first kappa shape index (κ1) is 25.2. The van der Waals surface area contributed by atoms with E-state index in [1.54, 1.807) is 22.6 Å². The molecule has 35 heavy (non-hydrogen) atoms. The molecule has 5 rings (SSSR count). The standard InChI is InChI=1S/C26H22F2N3OS2.ClH/c1-3-31-21(15-18-11-7-8-14-30(18)16-17-9-5-4-6-10-17)33-24(25(31)32)26-29(2)20-13-12-19(27)22(28)23(20)34-26;/h4-15H,3,16H2,1-2H3;1H/q+1;/p-1/b26-24+;. The number of hydrogen-bond donors (Lipinski definition) is 0. The van der Waals surface area contributed by atoms with E-state index >= 15 is 0 Å². The van der Waals surface area contributed by atoms with Crippen LogP contribution in [0.4, 0.5) is 14.5 Å². The van der Waals surface area contributed by atoms with E-state index in [1.807, 2.05) is 55.6 Å². The molecule has 2 aromatic carbocycles. The van der Waals surface area contributed by atoms with Crippen LogP contribution in [0.3, 0.4) is 0 Å². The number of nitrogens with zero attached hydrogens (tertiary/aromatic N) is 3. The Kier molecular flexibility index (Phi) is 7.44. The summed E-state index contributed by atoms with van der Waals surface area (Å²) < 4.78 is 33.4.